The molecule has 0 spiro atoms. The second-order valence-corrected chi connectivity index (χ2v) is 8.07. The Bertz CT molecular complexity index is 1110. The normalized spacial score (nSPS) is 11.3. The van der Waals surface area contributed by atoms with Crippen molar-refractivity contribution in [2.45, 2.75) is 26.3 Å². The smallest absolute Gasteiger partial charge is 0.251 e. The van der Waals surface area contributed by atoms with Gasteiger partial charge in [-0.3, -0.25) is 9.78 Å². The van der Waals surface area contributed by atoms with Crippen molar-refractivity contribution in [3.8, 4) is 17.2 Å². The fraction of sp³-hybridized carbons (Fsp3) is 0.333. The molecule has 32 heavy (non-hydrogen) atoms. The van der Waals surface area contributed by atoms with E-state index in [2.05, 4.69) is 10.3 Å². The van der Waals surface area contributed by atoms with E-state index in [-0.39, 0.29) is 25.7 Å². The van der Waals surface area contributed by atoms with Gasteiger partial charge in [-0.2, -0.15) is 0 Å². The summed E-state index contributed by atoms with van der Waals surface area (Å²) >= 11 is 0. The molecule has 4 N–H and O–H groups in total. The van der Waals surface area contributed by atoms with Gasteiger partial charge in [-0.1, -0.05) is 6.07 Å². The number of methoxy groups -OCH3 is 1. The molecule has 0 aliphatic heterocycles. The molecule has 3 rings (SSSR count). The molecule has 8 heteroatoms. The van der Waals surface area contributed by atoms with E-state index < -0.39 is 5.54 Å². The van der Waals surface area contributed by atoms with Gasteiger partial charge in [0.1, 0.15) is 19.0 Å². The highest BCUT2D eigenvalue weighted by Crippen LogP contribution is 2.31. The van der Waals surface area contributed by atoms with Gasteiger partial charge in [0.25, 0.3) is 5.91 Å². The number of benzene rings is 2. The molecule has 0 saturated heterocycles. The molecule has 0 fully saturated rings. The quantitative estimate of drug-likeness (QED) is 0.469. The van der Waals surface area contributed by atoms with Gasteiger partial charge < -0.3 is 30.4 Å². The molecule has 0 radical (unpaired) electrons. The van der Waals surface area contributed by atoms with Crippen LogP contribution in [-0.2, 0) is 0 Å². The maximum atomic E-state index is 12.9. The first-order chi connectivity index (χ1) is 15.2. The number of nitrogens with one attached hydrogen (secondary N) is 1. The molecular weight excluding hydrogens is 410 g/mol. The molecule has 1 amide bonds. The monoisotopic (exact) mass is 439 g/mol. The van der Waals surface area contributed by atoms with Crippen molar-refractivity contribution >= 4 is 22.5 Å². The predicted molar refractivity (Wildman–Crippen MR) is 124 cm³/mol. The lowest BCUT2D eigenvalue weighted by atomic mass is 10.1. The summed E-state index contributed by atoms with van der Waals surface area (Å²) in [5.41, 5.74) is 8.11. The molecule has 8 nitrogen and oxygen atoms in total. The zero-order valence-corrected chi connectivity index (χ0v) is 18.8. The van der Waals surface area contributed by atoms with Crippen molar-refractivity contribution in [1.29, 1.82) is 0 Å². The summed E-state index contributed by atoms with van der Waals surface area (Å²) in [6.45, 7) is 5.81. The van der Waals surface area contributed by atoms with Crippen LogP contribution in [0.2, 0.25) is 0 Å². The lowest BCUT2D eigenvalue weighted by Crippen LogP contribution is -2.47. The molecule has 0 atom stereocenters. The Morgan fingerprint density at radius 2 is 1.91 bits per heavy atom. The van der Waals surface area contributed by atoms with Gasteiger partial charge in [0.15, 0.2) is 11.5 Å². The van der Waals surface area contributed by atoms with E-state index in [1.807, 2.05) is 45.0 Å². The van der Waals surface area contributed by atoms with Gasteiger partial charge in [-0.05, 0) is 57.2 Å². The SMILES string of the molecule is COc1ccc(C(=O)NC(C)(C)COc2cccc3nc(C)cc(N)c23)cc1OCCO. The Morgan fingerprint density at radius 3 is 2.62 bits per heavy atom. The first-order valence-corrected chi connectivity index (χ1v) is 10.3. The van der Waals surface area contributed by atoms with Crippen molar-refractivity contribution in [3.05, 3.63) is 53.7 Å². The maximum absolute atomic E-state index is 12.9. The summed E-state index contributed by atoms with van der Waals surface area (Å²) in [6.07, 6.45) is 0. The summed E-state index contributed by atoms with van der Waals surface area (Å²) in [4.78, 5) is 17.4. The van der Waals surface area contributed by atoms with Crippen LogP contribution in [0.5, 0.6) is 17.2 Å². The zero-order chi connectivity index (χ0) is 23.3. The van der Waals surface area contributed by atoms with Crippen LogP contribution in [-0.4, -0.2) is 48.5 Å². The van der Waals surface area contributed by atoms with Crippen LogP contribution in [0.15, 0.2) is 42.5 Å². The summed E-state index contributed by atoms with van der Waals surface area (Å²) in [5, 5.41) is 12.7. The van der Waals surface area contributed by atoms with Crippen LogP contribution in [0.1, 0.15) is 29.9 Å². The minimum atomic E-state index is -0.682. The van der Waals surface area contributed by atoms with Crippen molar-refractivity contribution < 1.29 is 24.1 Å². The number of hydrogen-bond donors (Lipinski definition) is 3. The first kappa shape index (κ1) is 23.1. The van der Waals surface area contributed by atoms with Crippen LogP contribution in [0, 0.1) is 6.92 Å². The first-order valence-electron chi connectivity index (χ1n) is 10.3. The van der Waals surface area contributed by atoms with Gasteiger partial charge in [0.2, 0.25) is 0 Å². The molecule has 0 unspecified atom stereocenters. The van der Waals surface area contributed by atoms with Gasteiger partial charge in [0.05, 0.1) is 30.2 Å². The second kappa shape index (κ2) is 9.74. The molecule has 3 aromatic rings. The highest BCUT2D eigenvalue weighted by molar-refractivity contribution is 5.96. The number of aliphatic hydroxyl groups excluding tert-OH is 1. The number of aromatic nitrogens is 1. The average Bonchev–Trinajstić information content (AvgIpc) is 2.75. The van der Waals surface area contributed by atoms with E-state index in [9.17, 15) is 4.79 Å². The topological polar surface area (TPSA) is 116 Å². The molecule has 0 saturated carbocycles. The van der Waals surface area contributed by atoms with Crippen molar-refractivity contribution in [2.24, 2.45) is 0 Å². The molecule has 170 valence electrons. The third-order valence-corrected chi connectivity index (χ3v) is 4.77. The summed E-state index contributed by atoms with van der Waals surface area (Å²) in [7, 11) is 1.51. The number of fused-ring (bicyclic) bond motifs is 1. The van der Waals surface area contributed by atoms with E-state index in [0.717, 1.165) is 16.6 Å². The van der Waals surface area contributed by atoms with Crippen molar-refractivity contribution in [1.82, 2.24) is 10.3 Å². The van der Waals surface area contributed by atoms with Gasteiger partial charge >= 0.3 is 0 Å². The average molecular weight is 440 g/mol. The van der Waals surface area contributed by atoms with Crippen LogP contribution in [0.25, 0.3) is 10.9 Å². The number of anilines is 1. The van der Waals surface area contributed by atoms with E-state index in [4.69, 9.17) is 25.1 Å². The van der Waals surface area contributed by atoms with Gasteiger partial charge in [-0.25, -0.2) is 0 Å². The third-order valence-electron chi connectivity index (χ3n) is 4.77. The molecule has 0 bridgehead atoms. The maximum Gasteiger partial charge on any atom is 0.251 e. The van der Waals surface area contributed by atoms with Gasteiger partial charge in [-0.15, -0.1) is 0 Å². The molecular formula is C24H29N3O5. The number of nitrogens with two attached hydrogens (primary N) is 1. The van der Waals surface area contributed by atoms with Crippen LogP contribution < -0.4 is 25.3 Å². The molecule has 1 heterocycles. The Labute approximate surface area is 187 Å². The van der Waals surface area contributed by atoms with E-state index in [1.54, 1.807) is 18.2 Å². The Morgan fingerprint density at radius 1 is 1.12 bits per heavy atom. The highest BCUT2D eigenvalue weighted by Gasteiger charge is 2.24. The van der Waals surface area contributed by atoms with E-state index in [1.165, 1.54) is 7.11 Å². The van der Waals surface area contributed by atoms with E-state index in [0.29, 0.717) is 28.5 Å². The molecule has 0 aliphatic rings. The predicted octanol–water partition coefficient (Wildman–Crippen LogP) is 3.09. The number of ether oxygens (including phenoxy) is 3. The lowest BCUT2D eigenvalue weighted by molar-refractivity contribution is 0.0881. The number of aliphatic hydroxyl groups is 1. The molecule has 1 aromatic heterocycles. The number of carbonyl (C=O) groups excluding carboxylic acids is 1. The standard InChI is InChI=1S/C24H29N3O5/c1-15-12-17(25)22-18(26-15)6-5-7-20(22)32-14-24(2,3)27-23(29)16-8-9-19(30-4)21(13-16)31-11-10-28/h5-9,12-13,28H,10-11,14H2,1-4H3,(H2,25,26)(H,27,29). The summed E-state index contributed by atoms with van der Waals surface area (Å²) in [6, 6.07) is 12.3. The summed E-state index contributed by atoms with van der Waals surface area (Å²) in [5.74, 6) is 1.19. The number of nitrogen functional groups attached to an aromatic ring is 1. The minimum absolute atomic E-state index is 0.101. The van der Waals surface area contributed by atoms with Crippen molar-refractivity contribution in [3.63, 3.8) is 0 Å². The number of carbonyl (C=O) groups is 1. The fourth-order valence-electron chi connectivity index (χ4n) is 3.30. The van der Waals surface area contributed by atoms with Crippen molar-refractivity contribution in [2.75, 3.05) is 32.7 Å². The number of aryl methyl sites for hydroxylation is 1. The minimum Gasteiger partial charge on any atom is -0.493 e. The number of hydrogen-bond acceptors (Lipinski definition) is 7. The fourth-order valence-corrected chi connectivity index (χ4v) is 3.30. The third kappa shape index (κ3) is 5.39. The highest BCUT2D eigenvalue weighted by atomic mass is 16.5. The number of nitrogens with zero attached hydrogens (tertiary/aromatic N) is 1. The Kier molecular flexibility index (Phi) is 7.05. The van der Waals surface area contributed by atoms with Crippen LogP contribution in [0.3, 0.4) is 0 Å². The largest absolute Gasteiger partial charge is 0.493 e. The number of rotatable bonds is 9. The molecule has 0 aliphatic carbocycles. The summed E-state index contributed by atoms with van der Waals surface area (Å²) < 4.78 is 16.8. The Hall–Kier alpha value is -3.52. The van der Waals surface area contributed by atoms with E-state index >= 15 is 0 Å². The number of pyridine rings is 1. The molecule has 2 aromatic carbocycles. The lowest BCUT2D eigenvalue weighted by Gasteiger charge is -2.27. The number of amides is 1. The van der Waals surface area contributed by atoms with Gasteiger partial charge in [0, 0.05) is 16.9 Å². The van der Waals surface area contributed by atoms with Crippen LogP contribution in [0.4, 0.5) is 5.69 Å². The second-order valence-electron chi connectivity index (χ2n) is 8.07. The Balaban J connectivity index is 1.73. The zero-order valence-electron chi connectivity index (χ0n) is 18.8. The van der Waals surface area contributed by atoms with Crippen LogP contribution >= 0.6 is 0 Å².